The summed E-state index contributed by atoms with van der Waals surface area (Å²) in [6.07, 6.45) is 10.9. The minimum atomic E-state index is -1.36. The second-order valence-electron chi connectivity index (χ2n) is 18.1. The van der Waals surface area contributed by atoms with E-state index in [9.17, 15) is 24.6 Å². The van der Waals surface area contributed by atoms with Crippen molar-refractivity contribution in [2.75, 3.05) is 0 Å². The highest BCUT2D eigenvalue weighted by atomic mass is 16.4. The molecule has 0 aromatic rings. The molecule has 0 radical (unpaired) electrons. The fourth-order valence-electron chi connectivity index (χ4n) is 13.5. The van der Waals surface area contributed by atoms with Gasteiger partial charge in [0.2, 0.25) is 5.78 Å². The van der Waals surface area contributed by atoms with Crippen LogP contribution >= 0.6 is 0 Å². The topological polar surface area (TPSA) is 109 Å². The van der Waals surface area contributed by atoms with Gasteiger partial charge in [0.05, 0.1) is 16.2 Å². The molecule has 10 atom stereocenters. The number of aliphatic hydroxyl groups excluding tert-OH is 1. The summed E-state index contributed by atoms with van der Waals surface area (Å²) in [6.45, 7) is 21.0. The first-order valence-corrected chi connectivity index (χ1v) is 17.9. The van der Waals surface area contributed by atoms with Crippen molar-refractivity contribution in [1.82, 2.24) is 0 Å². The second-order valence-corrected chi connectivity index (χ2v) is 18.1. The van der Waals surface area contributed by atoms with Crippen LogP contribution in [0, 0.1) is 68.0 Å². The molecule has 0 amide bonds. The summed E-state index contributed by atoms with van der Waals surface area (Å²) in [4.78, 5) is 55.5. The molecule has 6 heteroatoms. The molecule has 5 fully saturated rings. The largest absolute Gasteiger partial charge is 0.504 e. The van der Waals surface area contributed by atoms with Crippen LogP contribution in [0.2, 0.25) is 0 Å². The molecule has 0 unspecified atom stereocenters. The van der Waals surface area contributed by atoms with Gasteiger partial charge in [-0.2, -0.15) is 0 Å². The smallest absolute Gasteiger partial charge is 0.309 e. The summed E-state index contributed by atoms with van der Waals surface area (Å²) in [5, 5.41) is 22.3. The molecular weight excluding hydrogens is 576 g/mol. The molecule has 6 nitrogen and oxygen atoms in total. The average molecular weight is 633 g/mol. The number of hydrogen-bond donors (Lipinski definition) is 2. The van der Waals surface area contributed by atoms with Crippen LogP contribution in [0.5, 0.6) is 0 Å². The van der Waals surface area contributed by atoms with Crippen molar-refractivity contribution in [2.45, 2.75) is 120 Å². The van der Waals surface area contributed by atoms with Crippen molar-refractivity contribution in [3.05, 3.63) is 35.1 Å². The Labute approximate surface area is 275 Å². The van der Waals surface area contributed by atoms with Gasteiger partial charge in [-0.3, -0.25) is 14.4 Å². The standard InChI is InChI=1S/C40H56O6/c1-22(2)39-20-26(24(4)12-14-25-23(3)13-15-28-36(25,7)17-11-18-37(28,8)34(45)46)40(33(39)44)27(21-41)30-35(5,6)16-10-19-38(30,9)31(40)29(42)32(39)43/h12,21-22,25-28,30,42H,3,10-11,13-20H2,1-2,4-9H3,(H,45,46)/b24-12-/t25-,26+,27+,28+,30-,36+,37+,38-,39+,40-/m0/s1. The van der Waals surface area contributed by atoms with Crippen molar-refractivity contribution in [1.29, 1.82) is 0 Å². The van der Waals surface area contributed by atoms with Crippen molar-refractivity contribution in [3.8, 4) is 0 Å². The van der Waals surface area contributed by atoms with E-state index < -0.39 is 39.3 Å². The van der Waals surface area contributed by atoms with E-state index in [1.807, 2.05) is 20.8 Å². The number of ketones is 2. The lowest BCUT2D eigenvalue weighted by Gasteiger charge is -2.57. The Morgan fingerprint density at radius 3 is 2.30 bits per heavy atom. The molecule has 46 heavy (non-hydrogen) atoms. The van der Waals surface area contributed by atoms with Gasteiger partial charge in [0.1, 0.15) is 6.29 Å². The predicted molar refractivity (Wildman–Crippen MR) is 178 cm³/mol. The maximum absolute atomic E-state index is 15.2. The van der Waals surface area contributed by atoms with Crippen molar-refractivity contribution >= 4 is 23.8 Å². The number of allylic oxidation sites excluding steroid dienone is 5. The summed E-state index contributed by atoms with van der Waals surface area (Å²) in [5.41, 5.74) is -1.73. The van der Waals surface area contributed by atoms with Gasteiger partial charge in [-0.1, -0.05) is 78.2 Å². The third-order valence-electron chi connectivity index (χ3n) is 15.5. The monoisotopic (exact) mass is 632 g/mol. The Balaban J connectivity index is 1.49. The lowest BCUT2D eigenvalue weighted by atomic mass is 9.46. The molecular formula is C40H56O6. The number of carboxylic acid groups (broad SMARTS) is 1. The summed E-state index contributed by atoms with van der Waals surface area (Å²) < 4.78 is 0. The third kappa shape index (κ3) is 3.76. The Hall–Kier alpha value is -2.50. The second kappa shape index (κ2) is 10.3. The van der Waals surface area contributed by atoms with Crippen molar-refractivity contribution < 1.29 is 29.4 Å². The van der Waals surface area contributed by atoms with Crippen molar-refractivity contribution in [3.63, 3.8) is 0 Å². The molecule has 0 aromatic carbocycles. The summed E-state index contributed by atoms with van der Waals surface area (Å²) in [7, 11) is 0. The highest BCUT2D eigenvalue weighted by molar-refractivity contribution is 6.22. The molecule has 252 valence electrons. The third-order valence-corrected chi connectivity index (χ3v) is 15.5. The van der Waals surface area contributed by atoms with Gasteiger partial charge in [0.15, 0.2) is 11.5 Å². The summed E-state index contributed by atoms with van der Waals surface area (Å²) in [5.74, 6) is -2.89. The van der Waals surface area contributed by atoms with E-state index in [4.69, 9.17) is 0 Å². The Morgan fingerprint density at radius 1 is 1.04 bits per heavy atom. The SMILES string of the molecule is C=C1CC[C@@H]2[C@](C)(CCC[C@@]2(C)C(=O)O)[C@H]1C/C=C(/C)[C@H]1C[C@@]2(C(C)C)C(=O)C(O)=C3[C@@]1(C2=O)[C@H](C=O)[C@H]1C(C)(C)CCC[C@]31C. The van der Waals surface area contributed by atoms with E-state index >= 15 is 4.79 Å². The van der Waals surface area contributed by atoms with E-state index in [-0.39, 0.29) is 52.0 Å². The molecule has 5 saturated carbocycles. The number of rotatable bonds is 6. The summed E-state index contributed by atoms with van der Waals surface area (Å²) in [6, 6.07) is 0. The normalized spacial score (nSPS) is 46.7. The highest BCUT2D eigenvalue weighted by Gasteiger charge is 2.81. The number of carbonyl (C=O) groups is 4. The van der Waals surface area contributed by atoms with Gasteiger partial charge in [-0.25, -0.2) is 0 Å². The molecule has 2 N–H and O–H groups in total. The summed E-state index contributed by atoms with van der Waals surface area (Å²) >= 11 is 0. The number of aliphatic hydroxyl groups is 1. The lowest BCUT2D eigenvalue weighted by Crippen LogP contribution is -2.53. The zero-order valence-electron chi connectivity index (χ0n) is 29.4. The number of fused-ring (bicyclic) bond motifs is 4. The molecule has 0 aromatic heterocycles. The fraction of sp³-hybridized carbons (Fsp3) is 0.750. The molecule has 1 spiro atoms. The minimum absolute atomic E-state index is 0.0502. The van der Waals surface area contributed by atoms with E-state index in [0.717, 1.165) is 62.4 Å². The van der Waals surface area contributed by atoms with E-state index in [1.165, 1.54) is 0 Å². The lowest BCUT2D eigenvalue weighted by molar-refractivity contribution is -0.164. The zero-order chi connectivity index (χ0) is 34.0. The molecule has 6 rings (SSSR count). The first-order chi connectivity index (χ1) is 21.3. The van der Waals surface area contributed by atoms with Gasteiger partial charge >= 0.3 is 5.97 Å². The van der Waals surface area contributed by atoms with Gasteiger partial charge in [0.25, 0.3) is 0 Å². The van der Waals surface area contributed by atoms with E-state index in [0.29, 0.717) is 24.8 Å². The molecule has 2 bridgehead atoms. The zero-order valence-corrected chi connectivity index (χ0v) is 29.4. The van der Waals surface area contributed by atoms with Gasteiger partial charge < -0.3 is 15.0 Å². The number of Topliss-reactive ketones (excluding diaryl/α,β-unsaturated/α-hetero) is 2. The number of hydrogen-bond acceptors (Lipinski definition) is 5. The van der Waals surface area contributed by atoms with Crippen LogP contribution < -0.4 is 0 Å². The molecule has 0 heterocycles. The fourth-order valence-corrected chi connectivity index (χ4v) is 13.5. The van der Waals surface area contributed by atoms with Crippen LogP contribution in [-0.4, -0.2) is 34.0 Å². The first kappa shape index (κ1) is 33.4. The van der Waals surface area contributed by atoms with Gasteiger partial charge in [0, 0.05) is 5.92 Å². The van der Waals surface area contributed by atoms with E-state index in [2.05, 4.69) is 47.3 Å². The predicted octanol–water partition coefficient (Wildman–Crippen LogP) is 8.46. The van der Waals surface area contributed by atoms with Gasteiger partial charge in [-0.15, -0.1) is 0 Å². The molecule has 0 aliphatic heterocycles. The highest BCUT2D eigenvalue weighted by Crippen LogP contribution is 2.79. The van der Waals surface area contributed by atoms with Crippen LogP contribution in [0.3, 0.4) is 0 Å². The number of aliphatic carboxylic acids is 1. The van der Waals surface area contributed by atoms with Crippen molar-refractivity contribution in [2.24, 2.45) is 68.0 Å². The Morgan fingerprint density at radius 2 is 1.70 bits per heavy atom. The maximum atomic E-state index is 15.2. The molecule has 6 aliphatic rings. The van der Waals surface area contributed by atoms with Crippen LogP contribution in [0.1, 0.15) is 120 Å². The average Bonchev–Trinajstić information content (AvgIpc) is 3.34. The molecule has 6 aliphatic carbocycles. The van der Waals surface area contributed by atoms with Crippen LogP contribution in [0.4, 0.5) is 0 Å². The van der Waals surface area contributed by atoms with Crippen LogP contribution in [0.25, 0.3) is 0 Å². The number of aldehydes is 1. The Kier molecular flexibility index (Phi) is 7.44. The number of carbonyl (C=O) groups excluding carboxylic acids is 3. The minimum Gasteiger partial charge on any atom is -0.504 e. The van der Waals surface area contributed by atoms with Crippen LogP contribution in [-0.2, 0) is 19.2 Å². The van der Waals surface area contributed by atoms with E-state index in [1.54, 1.807) is 0 Å². The first-order valence-electron chi connectivity index (χ1n) is 17.9. The van der Waals surface area contributed by atoms with Crippen LogP contribution in [0.15, 0.2) is 35.1 Å². The maximum Gasteiger partial charge on any atom is 0.309 e. The quantitative estimate of drug-likeness (QED) is 0.173. The Bertz CT molecular complexity index is 1480. The number of carboxylic acids is 1. The molecule has 0 saturated heterocycles. The van der Waals surface area contributed by atoms with Gasteiger partial charge in [-0.05, 0) is 117 Å².